The third-order valence-corrected chi connectivity index (χ3v) is 2.34. The number of rotatable bonds is 1. The molecule has 14 heavy (non-hydrogen) atoms. The van der Waals surface area contributed by atoms with Crippen molar-refractivity contribution in [3.8, 4) is 0 Å². The van der Waals surface area contributed by atoms with E-state index in [1.807, 2.05) is 4.90 Å². The highest BCUT2D eigenvalue weighted by Crippen LogP contribution is 2.16. The molecule has 0 saturated carbocycles. The van der Waals surface area contributed by atoms with Crippen molar-refractivity contribution in [2.45, 2.75) is 18.9 Å². The third kappa shape index (κ3) is 1.98. The Kier molecular flexibility index (Phi) is 2.58. The number of β-amino-alcohol motifs (C(OH)–C–C–N with tert-alkyl or cyclic N) is 1. The molecule has 0 aromatic carbocycles. The topological polar surface area (TPSA) is 49.2 Å². The maximum absolute atomic E-state index is 12.5. The monoisotopic (exact) mass is 197 g/mol. The van der Waals surface area contributed by atoms with Crippen LogP contribution < -0.4 is 4.90 Å². The van der Waals surface area contributed by atoms with Crippen LogP contribution in [0.3, 0.4) is 0 Å². The molecule has 0 unspecified atom stereocenters. The summed E-state index contributed by atoms with van der Waals surface area (Å²) in [6.45, 7) is 1.40. The lowest BCUT2D eigenvalue weighted by molar-refractivity contribution is 0.153. The van der Waals surface area contributed by atoms with Gasteiger partial charge in [-0.2, -0.15) is 4.39 Å². The molecule has 0 spiro atoms. The van der Waals surface area contributed by atoms with Crippen molar-refractivity contribution in [3.05, 3.63) is 18.1 Å². The fourth-order valence-corrected chi connectivity index (χ4v) is 1.64. The minimum absolute atomic E-state index is 0.310. The molecule has 76 valence electrons. The van der Waals surface area contributed by atoms with Crippen molar-refractivity contribution < 1.29 is 9.50 Å². The molecule has 2 heterocycles. The van der Waals surface area contributed by atoms with E-state index in [1.165, 1.54) is 6.07 Å². The summed E-state index contributed by atoms with van der Waals surface area (Å²) in [5.41, 5.74) is 0. The number of nitrogens with zero attached hydrogens (tertiary/aromatic N) is 3. The zero-order valence-corrected chi connectivity index (χ0v) is 7.73. The molecule has 0 aliphatic carbocycles. The van der Waals surface area contributed by atoms with Gasteiger partial charge in [-0.3, -0.25) is 0 Å². The standard InChI is InChI=1S/C9H12FN3O/c10-8-3-4-9(12-11-8)13-5-1-2-7(14)6-13/h3-4,7,14H,1-2,5-6H2/t7-/m1/s1. The number of hydrogen-bond acceptors (Lipinski definition) is 4. The molecule has 0 bridgehead atoms. The summed E-state index contributed by atoms with van der Waals surface area (Å²) in [5.74, 6) is 0.0523. The molecule has 1 aliphatic rings. The van der Waals surface area contributed by atoms with Gasteiger partial charge in [0.1, 0.15) is 0 Å². The van der Waals surface area contributed by atoms with E-state index in [0.29, 0.717) is 12.4 Å². The zero-order chi connectivity index (χ0) is 9.97. The Hall–Kier alpha value is -1.23. The van der Waals surface area contributed by atoms with Crippen LogP contribution in [-0.4, -0.2) is 34.5 Å². The van der Waals surface area contributed by atoms with Crippen molar-refractivity contribution in [1.82, 2.24) is 10.2 Å². The molecule has 1 saturated heterocycles. The second kappa shape index (κ2) is 3.88. The molecule has 2 rings (SSSR count). The van der Waals surface area contributed by atoms with Gasteiger partial charge in [-0.05, 0) is 25.0 Å². The Labute approximate surface area is 81.4 Å². The van der Waals surface area contributed by atoms with Crippen molar-refractivity contribution in [3.63, 3.8) is 0 Å². The number of hydrogen-bond donors (Lipinski definition) is 1. The van der Waals surface area contributed by atoms with Crippen LogP contribution in [-0.2, 0) is 0 Å². The van der Waals surface area contributed by atoms with Crippen molar-refractivity contribution >= 4 is 5.82 Å². The average Bonchev–Trinajstić information content (AvgIpc) is 2.19. The number of piperidine rings is 1. The molecule has 1 atom stereocenters. The summed E-state index contributed by atoms with van der Waals surface area (Å²) in [7, 11) is 0. The second-order valence-electron chi connectivity index (χ2n) is 3.46. The van der Waals surface area contributed by atoms with E-state index in [2.05, 4.69) is 10.2 Å². The smallest absolute Gasteiger partial charge is 0.233 e. The van der Waals surface area contributed by atoms with Crippen LogP contribution in [0.15, 0.2) is 12.1 Å². The van der Waals surface area contributed by atoms with Gasteiger partial charge in [0.2, 0.25) is 5.95 Å². The van der Waals surface area contributed by atoms with Gasteiger partial charge >= 0.3 is 0 Å². The molecule has 1 aromatic heterocycles. The van der Waals surface area contributed by atoms with Crippen LogP contribution in [0.5, 0.6) is 0 Å². The van der Waals surface area contributed by atoms with Gasteiger partial charge in [0.15, 0.2) is 5.82 Å². The van der Waals surface area contributed by atoms with E-state index in [9.17, 15) is 9.50 Å². The number of halogens is 1. The van der Waals surface area contributed by atoms with Crippen molar-refractivity contribution in [2.75, 3.05) is 18.0 Å². The molecule has 5 heteroatoms. The number of anilines is 1. The molecular weight excluding hydrogens is 185 g/mol. The Morgan fingerprint density at radius 2 is 2.29 bits per heavy atom. The maximum Gasteiger partial charge on any atom is 0.233 e. The van der Waals surface area contributed by atoms with Gasteiger partial charge in [-0.25, -0.2) is 0 Å². The first-order chi connectivity index (χ1) is 6.75. The van der Waals surface area contributed by atoms with Gasteiger partial charge < -0.3 is 10.0 Å². The molecule has 1 aliphatic heterocycles. The highest BCUT2D eigenvalue weighted by atomic mass is 19.1. The quantitative estimate of drug-likeness (QED) is 0.715. The molecule has 1 aromatic rings. The fraction of sp³-hybridized carbons (Fsp3) is 0.556. The highest BCUT2D eigenvalue weighted by Gasteiger charge is 2.18. The van der Waals surface area contributed by atoms with Gasteiger partial charge in [-0.15, -0.1) is 10.2 Å². The van der Waals surface area contributed by atoms with Crippen molar-refractivity contribution in [1.29, 1.82) is 0 Å². The summed E-state index contributed by atoms with van der Waals surface area (Å²) in [6, 6.07) is 2.86. The van der Waals surface area contributed by atoms with E-state index >= 15 is 0 Å². The summed E-state index contributed by atoms with van der Waals surface area (Å²) < 4.78 is 12.5. The predicted octanol–water partition coefficient (Wildman–Crippen LogP) is 0.577. The van der Waals surface area contributed by atoms with E-state index in [-0.39, 0.29) is 6.10 Å². The number of aliphatic hydroxyl groups is 1. The van der Waals surface area contributed by atoms with Gasteiger partial charge in [0, 0.05) is 13.1 Å². The van der Waals surface area contributed by atoms with E-state index < -0.39 is 5.95 Å². The minimum atomic E-state index is -0.577. The zero-order valence-electron chi connectivity index (χ0n) is 7.73. The normalized spacial score (nSPS) is 22.4. The van der Waals surface area contributed by atoms with Gasteiger partial charge in [0.05, 0.1) is 6.10 Å². The Morgan fingerprint density at radius 3 is 2.93 bits per heavy atom. The van der Waals surface area contributed by atoms with E-state index in [1.54, 1.807) is 6.07 Å². The summed E-state index contributed by atoms with van der Waals surface area (Å²) in [5, 5.41) is 16.5. The average molecular weight is 197 g/mol. The maximum atomic E-state index is 12.5. The lowest BCUT2D eigenvalue weighted by atomic mass is 10.1. The molecule has 1 N–H and O–H groups in total. The van der Waals surface area contributed by atoms with Crippen LogP contribution in [0.25, 0.3) is 0 Å². The van der Waals surface area contributed by atoms with Crippen LogP contribution in [0.4, 0.5) is 10.2 Å². The van der Waals surface area contributed by atoms with Crippen LogP contribution in [0.1, 0.15) is 12.8 Å². The Balaban J connectivity index is 2.10. The molecular formula is C9H12FN3O. The Morgan fingerprint density at radius 1 is 1.43 bits per heavy atom. The van der Waals surface area contributed by atoms with Gasteiger partial charge in [-0.1, -0.05) is 0 Å². The fourth-order valence-electron chi connectivity index (χ4n) is 1.64. The number of aliphatic hydroxyl groups excluding tert-OH is 1. The molecule has 1 fully saturated rings. The largest absolute Gasteiger partial charge is 0.391 e. The summed E-state index contributed by atoms with van der Waals surface area (Å²) in [6.07, 6.45) is 1.45. The predicted molar refractivity (Wildman–Crippen MR) is 49.4 cm³/mol. The molecule has 0 amide bonds. The molecule has 4 nitrogen and oxygen atoms in total. The lowest BCUT2D eigenvalue weighted by Gasteiger charge is -2.30. The van der Waals surface area contributed by atoms with Gasteiger partial charge in [0.25, 0.3) is 0 Å². The minimum Gasteiger partial charge on any atom is -0.391 e. The first kappa shape index (κ1) is 9.33. The van der Waals surface area contributed by atoms with E-state index in [4.69, 9.17) is 0 Å². The third-order valence-electron chi connectivity index (χ3n) is 2.34. The van der Waals surface area contributed by atoms with E-state index in [0.717, 1.165) is 19.4 Å². The number of aromatic nitrogens is 2. The first-order valence-electron chi connectivity index (χ1n) is 4.68. The van der Waals surface area contributed by atoms with Crippen molar-refractivity contribution in [2.24, 2.45) is 0 Å². The Bertz CT molecular complexity index is 303. The summed E-state index contributed by atoms with van der Waals surface area (Å²) in [4.78, 5) is 1.92. The summed E-state index contributed by atoms with van der Waals surface area (Å²) >= 11 is 0. The highest BCUT2D eigenvalue weighted by molar-refractivity contribution is 5.37. The second-order valence-corrected chi connectivity index (χ2v) is 3.46. The first-order valence-corrected chi connectivity index (χ1v) is 4.68. The lowest BCUT2D eigenvalue weighted by Crippen LogP contribution is -2.38. The molecule has 0 radical (unpaired) electrons. The van der Waals surface area contributed by atoms with Crippen LogP contribution >= 0.6 is 0 Å². The van der Waals surface area contributed by atoms with Crippen LogP contribution in [0.2, 0.25) is 0 Å². The van der Waals surface area contributed by atoms with Crippen LogP contribution in [0, 0.1) is 5.95 Å². The SMILES string of the molecule is O[C@@H]1CCCN(c2ccc(F)nn2)C1.